The van der Waals surface area contributed by atoms with E-state index in [1.807, 2.05) is 20.0 Å². The molecule has 0 saturated heterocycles. The topological polar surface area (TPSA) is 37.8 Å². The molecule has 1 aromatic rings. The number of hydrogen-bond donors (Lipinski definition) is 1. The molecule has 0 bridgehead atoms. The number of aryl methyl sites for hydroxylation is 1. The molecule has 1 heterocycles. The van der Waals surface area contributed by atoms with Gasteiger partial charge in [0.15, 0.2) is 0 Å². The van der Waals surface area contributed by atoms with Crippen LogP contribution in [0.3, 0.4) is 0 Å². The molecule has 0 aromatic carbocycles. The van der Waals surface area contributed by atoms with Crippen molar-refractivity contribution < 1.29 is 0 Å². The average Bonchev–Trinajstić information content (AvgIpc) is 2.04. The van der Waals surface area contributed by atoms with Crippen LogP contribution in [0.25, 0.3) is 0 Å². The number of likely N-dealkylation sites (N-methyl/N-ethyl adjacent to an activating group) is 1. The fraction of sp³-hybridized carbons (Fsp3) is 0.556. The van der Waals surface area contributed by atoms with Crippen LogP contribution in [0.2, 0.25) is 0 Å². The minimum absolute atomic E-state index is 0.472. The molecular formula is C9H15N3. The maximum absolute atomic E-state index is 4.31. The smallest absolute Gasteiger partial charge is 0.125 e. The summed E-state index contributed by atoms with van der Waals surface area (Å²) in [5.74, 6) is 0.843. The lowest BCUT2D eigenvalue weighted by atomic mass is 10.2. The van der Waals surface area contributed by atoms with Crippen LogP contribution in [0.15, 0.2) is 12.3 Å². The quantitative estimate of drug-likeness (QED) is 0.724. The average molecular weight is 165 g/mol. The molecule has 3 heteroatoms. The summed E-state index contributed by atoms with van der Waals surface area (Å²) in [7, 11) is 1.96. The van der Waals surface area contributed by atoms with Gasteiger partial charge in [-0.1, -0.05) is 0 Å². The summed E-state index contributed by atoms with van der Waals surface area (Å²) in [5.41, 5.74) is 1.10. The molecule has 1 unspecified atom stereocenters. The Morgan fingerprint density at radius 1 is 1.58 bits per heavy atom. The maximum Gasteiger partial charge on any atom is 0.125 e. The van der Waals surface area contributed by atoms with Crippen molar-refractivity contribution in [2.24, 2.45) is 0 Å². The van der Waals surface area contributed by atoms with E-state index in [0.29, 0.717) is 6.04 Å². The van der Waals surface area contributed by atoms with Crippen LogP contribution in [-0.4, -0.2) is 23.1 Å². The molecule has 3 nitrogen and oxygen atoms in total. The van der Waals surface area contributed by atoms with Crippen molar-refractivity contribution in [2.75, 3.05) is 7.05 Å². The monoisotopic (exact) mass is 165 g/mol. The molecule has 12 heavy (non-hydrogen) atoms. The van der Waals surface area contributed by atoms with E-state index in [-0.39, 0.29) is 0 Å². The molecule has 0 amide bonds. The van der Waals surface area contributed by atoms with E-state index in [9.17, 15) is 0 Å². The zero-order valence-corrected chi connectivity index (χ0v) is 7.83. The number of hydrogen-bond acceptors (Lipinski definition) is 3. The van der Waals surface area contributed by atoms with Gasteiger partial charge < -0.3 is 5.32 Å². The highest BCUT2D eigenvalue weighted by Crippen LogP contribution is 1.98. The van der Waals surface area contributed by atoms with Gasteiger partial charge in [-0.05, 0) is 27.0 Å². The van der Waals surface area contributed by atoms with Crippen molar-refractivity contribution in [3.05, 3.63) is 23.8 Å². The van der Waals surface area contributed by atoms with Gasteiger partial charge in [0, 0.05) is 24.4 Å². The maximum atomic E-state index is 4.31. The van der Waals surface area contributed by atoms with Crippen molar-refractivity contribution in [2.45, 2.75) is 26.3 Å². The summed E-state index contributed by atoms with van der Waals surface area (Å²) in [6.07, 6.45) is 2.76. The highest BCUT2D eigenvalue weighted by atomic mass is 14.9. The predicted octanol–water partition coefficient (Wildman–Crippen LogP) is 0.935. The Bertz CT molecular complexity index is 247. The molecule has 0 saturated carbocycles. The van der Waals surface area contributed by atoms with Gasteiger partial charge in [-0.3, -0.25) is 0 Å². The third kappa shape index (κ3) is 2.58. The third-order valence-electron chi connectivity index (χ3n) is 1.84. The Labute approximate surface area is 73.2 Å². The van der Waals surface area contributed by atoms with E-state index in [1.54, 1.807) is 6.20 Å². The first kappa shape index (κ1) is 9.13. The zero-order chi connectivity index (χ0) is 8.97. The second-order valence-electron chi connectivity index (χ2n) is 2.99. The van der Waals surface area contributed by atoms with Crippen molar-refractivity contribution in [1.29, 1.82) is 0 Å². The lowest BCUT2D eigenvalue weighted by Crippen LogP contribution is -2.24. The molecule has 0 fully saturated rings. The van der Waals surface area contributed by atoms with Crippen molar-refractivity contribution in [1.82, 2.24) is 15.3 Å². The van der Waals surface area contributed by atoms with Crippen molar-refractivity contribution >= 4 is 0 Å². The first-order valence-electron chi connectivity index (χ1n) is 4.18. The van der Waals surface area contributed by atoms with Crippen molar-refractivity contribution in [3.8, 4) is 0 Å². The van der Waals surface area contributed by atoms with Crippen LogP contribution in [0.1, 0.15) is 18.4 Å². The van der Waals surface area contributed by atoms with Gasteiger partial charge >= 0.3 is 0 Å². The van der Waals surface area contributed by atoms with E-state index in [4.69, 9.17) is 0 Å². The molecule has 66 valence electrons. The fourth-order valence-electron chi connectivity index (χ4n) is 1.03. The molecule has 1 rings (SSSR count). The van der Waals surface area contributed by atoms with Crippen molar-refractivity contribution in [3.63, 3.8) is 0 Å². The van der Waals surface area contributed by atoms with Crippen LogP contribution < -0.4 is 5.32 Å². The summed E-state index contributed by atoms with van der Waals surface area (Å²) >= 11 is 0. The van der Waals surface area contributed by atoms with Gasteiger partial charge in [-0.15, -0.1) is 0 Å². The number of nitrogens with one attached hydrogen (secondary N) is 1. The second kappa shape index (κ2) is 4.16. The van der Waals surface area contributed by atoms with Crippen LogP contribution in [0.5, 0.6) is 0 Å². The van der Waals surface area contributed by atoms with Gasteiger partial charge in [-0.25, -0.2) is 9.97 Å². The highest BCUT2D eigenvalue weighted by Gasteiger charge is 2.01. The van der Waals surface area contributed by atoms with E-state index in [2.05, 4.69) is 22.2 Å². The molecule has 1 atom stereocenters. The van der Waals surface area contributed by atoms with Crippen LogP contribution >= 0.6 is 0 Å². The SMILES string of the molecule is CNC(C)Cc1ccnc(C)n1. The Hall–Kier alpha value is -0.960. The fourth-order valence-corrected chi connectivity index (χ4v) is 1.03. The van der Waals surface area contributed by atoms with Gasteiger partial charge in [0.05, 0.1) is 0 Å². The number of nitrogens with zero attached hydrogens (tertiary/aromatic N) is 2. The van der Waals surface area contributed by atoms with Gasteiger partial charge in [0.25, 0.3) is 0 Å². The predicted molar refractivity (Wildman–Crippen MR) is 49.0 cm³/mol. The van der Waals surface area contributed by atoms with E-state index in [0.717, 1.165) is 17.9 Å². The summed E-state index contributed by atoms with van der Waals surface area (Å²) in [4.78, 5) is 8.35. The normalized spacial score (nSPS) is 12.9. The number of rotatable bonds is 3. The van der Waals surface area contributed by atoms with Gasteiger partial charge in [0.2, 0.25) is 0 Å². The largest absolute Gasteiger partial charge is 0.317 e. The molecule has 0 aliphatic heterocycles. The third-order valence-corrected chi connectivity index (χ3v) is 1.84. The van der Waals surface area contributed by atoms with E-state index < -0.39 is 0 Å². The molecule has 0 aliphatic carbocycles. The Balaban J connectivity index is 2.63. The first-order valence-corrected chi connectivity index (χ1v) is 4.18. The molecular weight excluding hydrogens is 150 g/mol. The van der Waals surface area contributed by atoms with Crippen LogP contribution in [0.4, 0.5) is 0 Å². The van der Waals surface area contributed by atoms with E-state index in [1.165, 1.54) is 0 Å². The minimum atomic E-state index is 0.472. The molecule has 1 aromatic heterocycles. The second-order valence-corrected chi connectivity index (χ2v) is 2.99. The molecule has 0 spiro atoms. The minimum Gasteiger partial charge on any atom is -0.317 e. The van der Waals surface area contributed by atoms with E-state index >= 15 is 0 Å². The van der Waals surface area contributed by atoms with Crippen LogP contribution in [-0.2, 0) is 6.42 Å². The number of aromatic nitrogens is 2. The first-order chi connectivity index (χ1) is 5.72. The lowest BCUT2D eigenvalue weighted by Gasteiger charge is -2.08. The summed E-state index contributed by atoms with van der Waals surface area (Å²) < 4.78 is 0. The summed E-state index contributed by atoms with van der Waals surface area (Å²) in [5, 5.41) is 3.17. The van der Waals surface area contributed by atoms with Crippen LogP contribution in [0, 0.1) is 6.92 Å². The lowest BCUT2D eigenvalue weighted by molar-refractivity contribution is 0.598. The Morgan fingerprint density at radius 3 is 2.92 bits per heavy atom. The summed E-state index contributed by atoms with van der Waals surface area (Å²) in [6.45, 7) is 4.05. The highest BCUT2D eigenvalue weighted by molar-refractivity contribution is 5.03. The van der Waals surface area contributed by atoms with Gasteiger partial charge in [-0.2, -0.15) is 0 Å². The molecule has 1 N–H and O–H groups in total. The van der Waals surface area contributed by atoms with Gasteiger partial charge in [0.1, 0.15) is 5.82 Å². The zero-order valence-electron chi connectivity index (χ0n) is 7.83. The molecule has 0 radical (unpaired) electrons. The Morgan fingerprint density at radius 2 is 2.33 bits per heavy atom. The Kier molecular flexibility index (Phi) is 3.17. The standard InChI is InChI=1S/C9H15N3/c1-7(10-3)6-9-4-5-11-8(2)12-9/h4-5,7,10H,6H2,1-3H3. The molecule has 0 aliphatic rings. The summed E-state index contributed by atoms with van der Waals surface area (Å²) in [6, 6.07) is 2.43.